The molecule has 0 aromatic carbocycles. The van der Waals surface area contributed by atoms with Gasteiger partial charge in [-0.2, -0.15) is 0 Å². The molecule has 0 aromatic rings. The Balaban J connectivity index is 3.62. The summed E-state index contributed by atoms with van der Waals surface area (Å²) in [6.45, 7) is 4.50. The Labute approximate surface area is 151 Å². The molecule has 0 aromatic heterocycles. The van der Waals surface area contributed by atoms with Crippen LogP contribution in [0, 0.1) is 5.92 Å². The molecule has 2 nitrogen and oxygen atoms in total. The average molecular weight is 339 g/mol. The Bertz CT molecular complexity index is 296. The van der Waals surface area contributed by atoms with E-state index >= 15 is 0 Å². The Hall–Kier alpha value is -0.790. The van der Waals surface area contributed by atoms with Crippen LogP contribution in [-0.2, 0) is 4.79 Å². The van der Waals surface area contributed by atoms with Crippen LogP contribution in [0.5, 0.6) is 0 Å². The largest absolute Gasteiger partial charge is 0.481 e. The molecule has 0 fully saturated rings. The van der Waals surface area contributed by atoms with Crippen molar-refractivity contribution in [2.45, 2.75) is 117 Å². The van der Waals surface area contributed by atoms with Gasteiger partial charge in [0.05, 0.1) is 0 Å². The standard InChI is InChI=1S/C22H42O2/c1-3-5-7-8-9-10-11-12-13-14-15-18-21(17-6-4-2)19-16-20-22(23)24/h12-13,21H,3-11,14-20H2,1-2H3,(H,23,24). The van der Waals surface area contributed by atoms with E-state index in [1.807, 2.05) is 0 Å². The number of carboxylic acids is 1. The minimum Gasteiger partial charge on any atom is -0.481 e. The summed E-state index contributed by atoms with van der Waals surface area (Å²) >= 11 is 0. The SMILES string of the molecule is CCCCCCCCC=CCCCC(CCCC)CCCC(=O)O. The van der Waals surface area contributed by atoms with Crippen LogP contribution in [0.4, 0.5) is 0 Å². The normalized spacial score (nSPS) is 12.8. The van der Waals surface area contributed by atoms with Gasteiger partial charge in [0.15, 0.2) is 0 Å². The van der Waals surface area contributed by atoms with Crippen molar-refractivity contribution in [3.05, 3.63) is 12.2 Å². The molecule has 1 unspecified atom stereocenters. The predicted octanol–water partition coefficient (Wildman–Crippen LogP) is 7.52. The quantitative estimate of drug-likeness (QED) is 0.207. The number of carbonyl (C=O) groups is 1. The van der Waals surface area contributed by atoms with Gasteiger partial charge in [0.25, 0.3) is 0 Å². The highest BCUT2D eigenvalue weighted by molar-refractivity contribution is 5.66. The molecule has 0 heterocycles. The fraction of sp³-hybridized carbons (Fsp3) is 0.864. The zero-order chi connectivity index (χ0) is 17.9. The van der Waals surface area contributed by atoms with Gasteiger partial charge in [-0.3, -0.25) is 4.79 Å². The summed E-state index contributed by atoms with van der Waals surface area (Å²) < 4.78 is 0. The highest BCUT2D eigenvalue weighted by atomic mass is 16.4. The van der Waals surface area contributed by atoms with Crippen molar-refractivity contribution in [2.24, 2.45) is 5.92 Å². The van der Waals surface area contributed by atoms with Crippen molar-refractivity contribution < 1.29 is 9.90 Å². The summed E-state index contributed by atoms with van der Waals surface area (Å²) in [7, 11) is 0. The van der Waals surface area contributed by atoms with Crippen molar-refractivity contribution in [1.82, 2.24) is 0 Å². The molecule has 0 aliphatic carbocycles. The van der Waals surface area contributed by atoms with E-state index in [2.05, 4.69) is 26.0 Å². The van der Waals surface area contributed by atoms with Crippen LogP contribution >= 0.6 is 0 Å². The van der Waals surface area contributed by atoms with E-state index in [4.69, 9.17) is 5.11 Å². The van der Waals surface area contributed by atoms with Gasteiger partial charge in [-0.1, -0.05) is 83.8 Å². The summed E-state index contributed by atoms with van der Waals surface area (Å²) in [5.74, 6) is 0.0816. The van der Waals surface area contributed by atoms with Gasteiger partial charge in [-0.25, -0.2) is 0 Å². The molecule has 1 atom stereocenters. The lowest BCUT2D eigenvalue weighted by Gasteiger charge is -2.15. The van der Waals surface area contributed by atoms with Crippen molar-refractivity contribution in [1.29, 1.82) is 0 Å². The lowest BCUT2D eigenvalue weighted by atomic mass is 9.91. The Kier molecular flexibility index (Phi) is 17.9. The van der Waals surface area contributed by atoms with Gasteiger partial charge < -0.3 is 5.11 Å². The molecule has 0 bridgehead atoms. The maximum absolute atomic E-state index is 10.6. The van der Waals surface area contributed by atoms with Crippen LogP contribution in [0.3, 0.4) is 0 Å². The number of hydrogen-bond acceptors (Lipinski definition) is 1. The highest BCUT2D eigenvalue weighted by Gasteiger charge is 2.09. The lowest BCUT2D eigenvalue weighted by molar-refractivity contribution is -0.137. The second-order valence-corrected chi connectivity index (χ2v) is 7.25. The van der Waals surface area contributed by atoms with Crippen LogP contribution < -0.4 is 0 Å². The van der Waals surface area contributed by atoms with Crippen molar-refractivity contribution in [3.8, 4) is 0 Å². The number of allylic oxidation sites excluding steroid dienone is 2. The first-order chi connectivity index (χ1) is 11.7. The second kappa shape index (κ2) is 18.5. The smallest absolute Gasteiger partial charge is 0.303 e. The van der Waals surface area contributed by atoms with E-state index in [0.717, 1.165) is 18.8 Å². The van der Waals surface area contributed by atoms with Gasteiger partial charge in [0, 0.05) is 6.42 Å². The zero-order valence-corrected chi connectivity index (χ0v) is 16.4. The molecule has 0 saturated carbocycles. The molecule has 0 aliphatic rings. The van der Waals surface area contributed by atoms with Crippen LogP contribution in [0.15, 0.2) is 12.2 Å². The van der Waals surface area contributed by atoms with Crippen molar-refractivity contribution in [2.75, 3.05) is 0 Å². The predicted molar refractivity (Wildman–Crippen MR) is 105 cm³/mol. The maximum atomic E-state index is 10.6. The minimum absolute atomic E-state index is 0.334. The number of carboxylic acid groups (broad SMARTS) is 1. The van der Waals surface area contributed by atoms with E-state index in [1.54, 1.807) is 0 Å². The lowest BCUT2D eigenvalue weighted by Crippen LogP contribution is -2.03. The average Bonchev–Trinajstić information content (AvgIpc) is 2.56. The third-order valence-electron chi connectivity index (χ3n) is 4.84. The maximum Gasteiger partial charge on any atom is 0.303 e. The van der Waals surface area contributed by atoms with Crippen LogP contribution in [0.2, 0.25) is 0 Å². The van der Waals surface area contributed by atoms with Gasteiger partial charge in [0.1, 0.15) is 0 Å². The molecule has 142 valence electrons. The number of unbranched alkanes of at least 4 members (excludes halogenated alkanes) is 8. The van der Waals surface area contributed by atoms with Crippen molar-refractivity contribution >= 4 is 5.97 Å². The van der Waals surface area contributed by atoms with Crippen LogP contribution in [-0.4, -0.2) is 11.1 Å². The first kappa shape index (κ1) is 23.2. The summed E-state index contributed by atoms with van der Waals surface area (Å²) in [5.41, 5.74) is 0. The number of rotatable bonds is 18. The molecular formula is C22H42O2. The van der Waals surface area contributed by atoms with Gasteiger partial charge in [-0.05, 0) is 44.4 Å². The second-order valence-electron chi connectivity index (χ2n) is 7.25. The highest BCUT2D eigenvalue weighted by Crippen LogP contribution is 2.22. The summed E-state index contributed by atoms with van der Waals surface area (Å²) in [5, 5.41) is 8.77. The van der Waals surface area contributed by atoms with Gasteiger partial charge >= 0.3 is 5.97 Å². The van der Waals surface area contributed by atoms with Crippen LogP contribution in [0.1, 0.15) is 117 Å². The fourth-order valence-corrected chi connectivity index (χ4v) is 3.27. The first-order valence-electron chi connectivity index (χ1n) is 10.6. The molecule has 0 radical (unpaired) electrons. The van der Waals surface area contributed by atoms with E-state index in [0.29, 0.717) is 6.42 Å². The third kappa shape index (κ3) is 17.6. The summed E-state index contributed by atoms with van der Waals surface area (Å²) in [6, 6.07) is 0. The van der Waals surface area contributed by atoms with E-state index in [1.165, 1.54) is 83.5 Å². The Morgan fingerprint density at radius 3 is 1.96 bits per heavy atom. The van der Waals surface area contributed by atoms with E-state index in [-0.39, 0.29) is 0 Å². The molecule has 0 amide bonds. The minimum atomic E-state index is -0.651. The molecule has 2 heteroatoms. The first-order valence-corrected chi connectivity index (χ1v) is 10.6. The zero-order valence-electron chi connectivity index (χ0n) is 16.4. The summed E-state index contributed by atoms with van der Waals surface area (Å²) in [6.07, 6.45) is 24.0. The Morgan fingerprint density at radius 1 is 0.750 bits per heavy atom. The fourth-order valence-electron chi connectivity index (χ4n) is 3.27. The van der Waals surface area contributed by atoms with Gasteiger partial charge in [-0.15, -0.1) is 0 Å². The third-order valence-corrected chi connectivity index (χ3v) is 4.84. The Morgan fingerprint density at radius 2 is 1.29 bits per heavy atom. The molecular weight excluding hydrogens is 296 g/mol. The van der Waals surface area contributed by atoms with Crippen molar-refractivity contribution in [3.63, 3.8) is 0 Å². The molecule has 0 saturated heterocycles. The molecule has 0 aliphatic heterocycles. The monoisotopic (exact) mass is 338 g/mol. The van der Waals surface area contributed by atoms with E-state index in [9.17, 15) is 4.79 Å². The van der Waals surface area contributed by atoms with Crippen LogP contribution in [0.25, 0.3) is 0 Å². The molecule has 0 spiro atoms. The summed E-state index contributed by atoms with van der Waals surface area (Å²) in [4.78, 5) is 10.6. The topological polar surface area (TPSA) is 37.3 Å². The molecule has 24 heavy (non-hydrogen) atoms. The number of aliphatic carboxylic acids is 1. The molecule has 0 rings (SSSR count). The van der Waals surface area contributed by atoms with Gasteiger partial charge in [0.2, 0.25) is 0 Å². The number of hydrogen-bond donors (Lipinski definition) is 1. The molecule has 1 N–H and O–H groups in total. The van der Waals surface area contributed by atoms with E-state index < -0.39 is 5.97 Å².